The Morgan fingerprint density at radius 1 is 1.00 bits per heavy atom. The van der Waals surface area contributed by atoms with Crippen LogP contribution in [0.3, 0.4) is 0 Å². The lowest BCUT2D eigenvalue weighted by molar-refractivity contribution is 0.103. The van der Waals surface area contributed by atoms with Crippen LogP contribution in [0, 0.1) is 13.8 Å². The maximum absolute atomic E-state index is 13.2. The van der Waals surface area contributed by atoms with Gasteiger partial charge in [-0.15, -0.1) is 0 Å². The predicted molar refractivity (Wildman–Crippen MR) is 115 cm³/mol. The minimum absolute atomic E-state index is 0.156. The summed E-state index contributed by atoms with van der Waals surface area (Å²) in [5.74, 6) is 0.955. The largest absolute Gasteiger partial charge is 0.493 e. The van der Waals surface area contributed by atoms with E-state index in [0.717, 1.165) is 16.8 Å². The van der Waals surface area contributed by atoms with Crippen molar-refractivity contribution in [3.05, 3.63) is 51.9 Å². The van der Waals surface area contributed by atoms with Crippen molar-refractivity contribution < 1.29 is 19.0 Å². The second-order valence-corrected chi connectivity index (χ2v) is 7.44. The van der Waals surface area contributed by atoms with Crippen LogP contribution < -0.4 is 25.3 Å². The van der Waals surface area contributed by atoms with E-state index in [1.54, 1.807) is 12.1 Å². The van der Waals surface area contributed by atoms with Crippen molar-refractivity contribution in [2.45, 2.75) is 13.8 Å². The highest BCUT2D eigenvalue weighted by molar-refractivity contribution is 7.18. The average Bonchev–Trinajstić information content (AvgIpc) is 3.05. The average molecular weight is 413 g/mol. The molecule has 29 heavy (non-hydrogen) atoms. The molecule has 0 amide bonds. The van der Waals surface area contributed by atoms with Gasteiger partial charge in [-0.1, -0.05) is 17.4 Å². The van der Waals surface area contributed by atoms with E-state index in [2.05, 4.69) is 16.4 Å². The van der Waals surface area contributed by atoms with Crippen LogP contribution in [0.5, 0.6) is 17.2 Å². The van der Waals surface area contributed by atoms with Gasteiger partial charge in [0.05, 0.1) is 26.9 Å². The van der Waals surface area contributed by atoms with Gasteiger partial charge < -0.3 is 25.3 Å². The first kappa shape index (κ1) is 20.5. The van der Waals surface area contributed by atoms with E-state index in [-0.39, 0.29) is 17.4 Å². The van der Waals surface area contributed by atoms with Crippen LogP contribution in [0.25, 0.3) is 0 Å². The standard InChI is InChI=1S/C21H23N3O4S/c1-11-8-12(2)10-13(9-11)23-21-24-20(22)19(29-21)16(25)14-6-7-15(26-3)18(28-5)17(14)27-4/h6-10H,22H2,1-5H3,(H,23,24). The minimum Gasteiger partial charge on any atom is -0.493 e. The van der Waals surface area contributed by atoms with Gasteiger partial charge in [0.1, 0.15) is 10.7 Å². The lowest BCUT2D eigenvalue weighted by Gasteiger charge is -2.14. The van der Waals surface area contributed by atoms with E-state index >= 15 is 0 Å². The topological polar surface area (TPSA) is 95.7 Å². The first-order valence-electron chi connectivity index (χ1n) is 8.83. The minimum atomic E-state index is -0.300. The van der Waals surface area contributed by atoms with Gasteiger partial charge in [0.2, 0.25) is 11.5 Å². The van der Waals surface area contributed by atoms with Gasteiger partial charge in [-0.05, 0) is 49.2 Å². The van der Waals surface area contributed by atoms with Crippen LogP contribution in [-0.4, -0.2) is 32.1 Å². The van der Waals surface area contributed by atoms with Crippen LogP contribution in [0.15, 0.2) is 30.3 Å². The molecule has 8 heteroatoms. The van der Waals surface area contributed by atoms with Crippen LogP contribution >= 0.6 is 11.3 Å². The quantitative estimate of drug-likeness (QED) is 0.556. The number of ketones is 1. The molecule has 0 aliphatic carbocycles. The summed E-state index contributed by atoms with van der Waals surface area (Å²) in [6, 6.07) is 9.37. The third-order valence-electron chi connectivity index (χ3n) is 4.28. The molecule has 0 aliphatic heterocycles. The molecule has 0 fully saturated rings. The Labute approximate surface area is 173 Å². The van der Waals surface area contributed by atoms with Gasteiger partial charge in [0, 0.05) is 5.69 Å². The zero-order chi connectivity index (χ0) is 21.1. The zero-order valence-electron chi connectivity index (χ0n) is 17.0. The maximum atomic E-state index is 13.2. The van der Waals surface area contributed by atoms with E-state index in [0.29, 0.717) is 27.1 Å². The molecule has 0 bridgehead atoms. The van der Waals surface area contributed by atoms with Crippen LogP contribution in [0.4, 0.5) is 16.6 Å². The number of hydrogen-bond acceptors (Lipinski definition) is 8. The number of anilines is 3. The van der Waals surface area contributed by atoms with E-state index in [4.69, 9.17) is 19.9 Å². The van der Waals surface area contributed by atoms with Crippen molar-refractivity contribution >= 4 is 33.8 Å². The number of carbonyl (C=O) groups excluding carboxylic acids is 1. The third-order valence-corrected chi connectivity index (χ3v) is 5.27. The molecule has 0 aliphatic rings. The number of nitrogens with two attached hydrogens (primary N) is 1. The summed E-state index contributed by atoms with van der Waals surface area (Å²) in [6.07, 6.45) is 0. The molecule has 152 valence electrons. The molecule has 3 N–H and O–H groups in total. The number of rotatable bonds is 7. The monoisotopic (exact) mass is 413 g/mol. The highest BCUT2D eigenvalue weighted by atomic mass is 32.1. The number of aryl methyl sites for hydroxylation is 2. The molecule has 0 spiro atoms. The highest BCUT2D eigenvalue weighted by Crippen LogP contribution is 2.41. The second-order valence-electron chi connectivity index (χ2n) is 6.45. The molecule has 3 rings (SSSR count). The summed E-state index contributed by atoms with van der Waals surface area (Å²) in [7, 11) is 4.48. The zero-order valence-corrected chi connectivity index (χ0v) is 17.8. The summed E-state index contributed by atoms with van der Waals surface area (Å²) >= 11 is 1.19. The fourth-order valence-electron chi connectivity index (χ4n) is 3.12. The Kier molecular flexibility index (Phi) is 5.93. The number of thiazole rings is 1. The van der Waals surface area contributed by atoms with Gasteiger partial charge in [0.25, 0.3) is 0 Å². The molecule has 3 aromatic rings. The summed E-state index contributed by atoms with van der Waals surface area (Å²) in [4.78, 5) is 17.8. The first-order valence-corrected chi connectivity index (χ1v) is 9.64. The molecule has 7 nitrogen and oxygen atoms in total. The highest BCUT2D eigenvalue weighted by Gasteiger charge is 2.25. The van der Waals surface area contributed by atoms with E-state index in [9.17, 15) is 4.79 Å². The molecule has 0 saturated heterocycles. The first-order chi connectivity index (χ1) is 13.9. The SMILES string of the molecule is COc1ccc(C(=O)c2sc(Nc3cc(C)cc(C)c3)nc2N)c(OC)c1OC. The Bertz CT molecular complexity index is 1040. The summed E-state index contributed by atoms with van der Waals surface area (Å²) in [6.45, 7) is 4.04. The van der Waals surface area contributed by atoms with Crippen molar-refractivity contribution in [3.63, 3.8) is 0 Å². The maximum Gasteiger partial charge on any atom is 0.210 e. The fraction of sp³-hybridized carbons (Fsp3) is 0.238. The molecule has 0 atom stereocenters. The van der Waals surface area contributed by atoms with Crippen LogP contribution in [0.2, 0.25) is 0 Å². The number of carbonyl (C=O) groups is 1. The third kappa shape index (κ3) is 4.12. The fourth-order valence-corrected chi connectivity index (χ4v) is 3.98. The van der Waals surface area contributed by atoms with E-state index in [1.807, 2.05) is 26.0 Å². The van der Waals surface area contributed by atoms with Gasteiger partial charge >= 0.3 is 0 Å². The molecule has 1 heterocycles. The number of ether oxygens (including phenoxy) is 3. The number of nitrogen functional groups attached to an aromatic ring is 1. The number of nitrogens with one attached hydrogen (secondary N) is 1. The smallest absolute Gasteiger partial charge is 0.210 e. The van der Waals surface area contributed by atoms with Crippen molar-refractivity contribution in [2.24, 2.45) is 0 Å². The Morgan fingerprint density at radius 3 is 2.24 bits per heavy atom. The van der Waals surface area contributed by atoms with E-state index in [1.165, 1.54) is 32.7 Å². The van der Waals surface area contributed by atoms with Crippen molar-refractivity contribution in [2.75, 3.05) is 32.4 Å². The molecule has 0 radical (unpaired) electrons. The molecular formula is C21H23N3O4S. The van der Waals surface area contributed by atoms with Gasteiger partial charge in [-0.25, -0.2) is 4.98 Å². The summed E-state index contributed by atoms with van der Waals surface area (Å²) in [5.41, 5.74) is 9.52. The molecule has 2 aromatic carbocycles. The predicted octanol–water partition coefficient (Wildman–Crippen LogP) is 4.34. The van der Waals surface area contributed by atoms with Crippen LogP contribution in [-0.2, 0) is 0 Å². The number of aromatic nitrogens is 1. The lowest BCUT2D eigenvalue weighted by Crippen LogP contribution is -2.06. The molecule has 0 saturated carbocycles. The number of benzene rings is 2. The van der Waals surface area contributed by atoms with Crippen molar-refractivity contribution in [1.82, 2.24) is 4.98 Å². The molecular weight excluding hydrogens is 390 g/mol. The normalized spacial score (nSPS) is 10.5. The number of hydrogen-bond donors (Lipinski definition) is 2. The summed E-state index contributed by atoms with van der Waals surface area (Å²) < 4.78 is 16.1. The Morgan fingerprint density at radius 2 is 1.66 bits per heavy atom. The van der Waals surface area contributed by atoms with Crippen LogP contribution in [0.1, 0.15) is 26.4 Å². The van der Waals surface area contributed by atoms with Gasteiger partial charge in [-0.3, -0.25) is 4.79 Å². The Hall–Kier alpha value is -3.26. The molecule has 1 aromatic heterocycles. The van der Waals surface area contributed by atoms with Crippen molar-refractivity contribution in [3.8, 4) is 17.2 Å². The van der Waals surface area contributed by atoms with Gasteiger partial charge in [0.15, 0.2) is 16.6 Å². The van der Waals surface area contributed by atoms with E-state index < -0.39 is 0 Å². The number of nitrogens with zero attached hydrogens (tertiary/aromatic N) is 1. The summed E-state index contributed by atoms with van der Waals surface area (Å²) in [5, 5.41) is 3.76. The lowest BCUT2D eigenvalue weighted by atomic mass is 10.1. The second kappa shape index (κ2) is 8.40. The van der Waals surface area contributed by atoms with Crippen molar-refractivity contribution in [1.29, 1.82) is 0 Å². The van der Waals surface area contributed by atoms with Gasteiger partial charge in [-0.2, -0.15) is 0 Å². The number of methoxy groups -OCH3 is 3. The molecule has 0 unspecified atom stereocenters. The Balaban J connectivity index is 1.97.